The molecule has 6 aromatic heterocycles. The maximum atomic E-state index is 5.50. The quantitative estimate of drug-likeness (QED) is 0.140. The van der Waals surface area contributed by atoms with Gasteiger partial charge in [-0.1, -0.05) is 340 Å². The van der Waals surface area contributed by atoms with E-state index in [-0.39, 0.29) is 0 Å². The first-order valence-electron chi connectivity index (χ1n) is 46.8. The number of benzene rings is 21. The van der Waals surface area contributed by atoms with E-state index in [2.05, 4.69) is 502 Å². The topological polar surface area (TPSA) is 102 Å². The van der Waals surface area contributed by atoms with Crippen LogP contribution in [0.4, 0.5) is 52.0 Å². The number of fused-ring (bicyclic) bond motifs is 18. The zero-order valence-corrected chi connectivity index (χ0v) is 74.4. The lowest BCUT2D eigenvalue weighted by Gasteiger charge is -2.32. The van der Waals surface area contributed by atoms with Crippen molar-refractivity contribution in [2.24, 2.45) is 0 Å². The Bertz CT molecular complexity index is 9660. The lowest BCUT2D eigenvalue weighted by Crippen LogP contribution is -2.18. The van der Waals surface area contributed by atoms with Crippen LogP contribution in [0.2, 0.25) is 0 Å². The summed E-state index contributed by atoms with van der Waals surface area (Å²) < 4.78 is 7.06. The van der Waals surface area contributed by atoms with Crippen LogP contribution in [0.25, 0.3) is 215 Å². The molecule has 3 aliphatic heterocycles. The normalized spacial score (nSPS) is 12.3. The van der Waals surface area contributed by atoms with E-state index < -0.39 is 0 Å². The molecule has 0 spiro atoms. The Morgan fingerprint density at radius 3 is 0.899 bits per heavy atom. The fourth-order valence-corrected chi connectivity index (χ4v) is 22.1. The monoisotopic (exact) mass is 1760 g/mol. The van der Waals surface area contributed by atoms with Crippen LogP contribution in [0.15, 0.2) is 473 Å². The molecule has 3 aliphatic rings. The lowest BCUT2D eigenvalue weighted by molar-refractivity contribution is 1.11. The van der Waals surface area contributed by atoms with Crippen LogP contribution in [0, 0.1) is 0 Å². The molecule has 27 aromatic rings. The van der Waals surface area contributed by atoms with Gasteiger partial charge in [0.25, 0.3) is 0 Å². The number of aromatic nitrogens is 9. The molecule has 0 N–H and O–H groups in total. The van der Waals surface area contributed by atoms with Crippen LogP contribution in [0.5, 0.6) is 0 Å². The third kappa shape index (κ3) is 12.2. The van der Waals surface area contributed by atoms with E-state index in [1.165, 1.54) is 120 Å². The van der Waals surface area contributed by atoms with Crippen molar-refractivity contribution in [1.29, 1.82) is 0 Å². The summed E-state index contributed by atoms with van der Waals surface area (Å²) in [7, 11) is 0. The molecular formula is C126H78N12. The van der Waals surface area contributed by atoms with Gasteiger partial charge in [-0.05, 0) is 166 Å². The summed E-state index contributed by atoms with van der Waals surface area (Å²) >= 11 is 0. The first kappa shape index (κ1) is 77.9. The van der Waals surface area contributed by atoms with E-state index in [1.54, 1.807) is 0 Å². The number of rotatable bonds is 9. The minimum atomic E-state index is 0.659. The van der Waals surface area contributed by atoms with Crippen molar-refractivity contribution in [3.05, 3.63) is 473 Å². The molecule has 0 aliphatic carbocycles. The molecule has 12 nitrogen and oxygen atoms in total. The lowest BCUT2D eigenvalue weighted by atomic mass is 9.91. The van der Waals surface area contributed by atoms with Gasteiger partial charge in [-0.3, -0.25) is 14.7 Å². The Hall–Kier alpha value is -18.8. The highest BCUT2D eigenvalue weighted by molar-refractivity contribution is 6.21. The van der Waals surface area contributed by atoms with Crippen molar-refractivity contribution >= 4 is 182 Å². The molecule has 9 heterocycles. The van der Waals surface area contributed by atoms with Gasteiger partial charge in [0.2, 0.25) is 17.8 Å². The Morgan fingerprint density at radius 2 is 0.442 bits per heavy atom. The molecular weight excluding hydrogens is 1680 g/mol. The van der Waals surface area contributed by atoms with Crippen molar-refractivity contribution in [2.75, 3.05) is 14.7 Å². The van der Waals surface area contributed by atoms with E-state index in [0.29, 0.717) is 17.8 Å². The molecule has 12 heteroatoms. The number of hydrogen-bond donors (Lipinski definition) is 0. The van der Waals surface area contributed by atoms with E-state index in [4.69, 9.17) is 29.9 Å². The standard InChI is InChI=1S/3C42H26N4/c1-2-14-29(15-3-1)45-36-21-8-6-17-31(36)34-26-28(24-25-38(34)45)41-33-18-4-7-20-35(33)43-42(44-41)46-37-22-9-5-16-30(37)32-19-10-12-27-13-11-23-39(46)40(27)32;1-2-15-28(16-3-1)45-36-24-9-6-19-32(36)40-33(21-12-26-38(40)45)41-31-18-4-7-22-34(31)43-42(44-41)46-35-23-8-5-17-29(35)30-20-10-13-27-14-11-25-37(46)39(27)30;1-2-14-29(15-3-1)45-36-21-8-5-16-30(36)32-25-24-28(26-39(32)45)41-34-18-4-7-20-35(34)43-42(44-41)46-37-22-9-6-17-31(37)33-19-10-12-27-13-11-23-38(46)40(27)33/h3*1-26H. The van der Waals surface area contributed by atoms with Gasteiger partial charge < -0.3 is 13.7 Å². The molecule has 0 atom stereocenters. The van der Waals surface area contributed by atoms with Gasteiger partial charge in [-0.2, -0.15) is 0 Å². The zero-order valence-electron chi connectivity index (χ0n) is 74.4. The molecule has 0 saturated heterocycles. The van der Waals surface area contributed by atoms with Crippen LogP contribution in [-0.2, 0) is 0 Å². The van der Waals surface area contributed by atoms with Gasteiger partial charge in [-0.25, -0.2) is 29.9 Å². The average Bonchev–Trinajstić information content (AvgIpc) is 0.903. The summed E-state index contributed by atoms with van der Waals surface area (Å²) in [6, 6.07) is 168. The largest absolute Gasteiger partial charge is 0.309 e. The van der Waals surface area contributed by atoms with Gasteiger partial charge in [0.05, 0.1) is 101 Å². The maximum Gasteiger partial charge on any atom is 0.235 e. The van der Waals surface area contributed by atoms with Gasteiger partial charge in [0, 0.05) is 115 Å². The van der Waals surface area contributed by atoms with Crippen molar-refractivity contribution in [1.82, 2.24) is 43.6 Å². The summed E-state index contributed by atoms with van der Waals surface area (Å²) in [6.45, 7) is 0. The molecule has 0 bridgehead atoms. The van der Waals surface area contributed by atoms with Gasteiger partial charge in [0.1, 0.15) is 0 Å². The van der Waals surface area contributed by atoms with Crippen molar-refractivity contribution in [2.45, 2.75) is 0 Å². The van der Waals surface area contributed by atoms with Crippen LogP contribution in [0.1, 0.15) is 0 Å². The van der Waals surface area contributed by atoms with E-state index in [1.807, 2.05) is 0 Å². The Labute approximate surface area is 792 Å². The van der Waals surface area contributed by atoms with Crippen molar-refractivity contribution in [3.63, 3.8) is 0 Å². The molecule has 21 aromatic carbocycles. The fraction of sp³-hybridized carbons (Fsp3) is 0. The molecule has 0 radical (unpaired) electrons. The minimum absolute atomic E-state index is 0.659. The summed E-state index contributed by atoms with van der Waals surface area (Å²) in [6.07, 6.45) is 0. The highest BCUT2D eigenvalue weighted by Crippen LogP contribution is 2.56. The summed E-state index contributed by atoms with van der Waals surface area (Å²) in [4.78, 5) is 38.7. The molecule has 0 saturated carbocycles. The van der Waals surface area contributed by atoms with Crippen LogP contribution >= 0.6 is 0 Å². The molecule has 138 heavy (non-hydrogen) atoms. The summed E-state index contributed by atoms with van der Waals surface area (Å²) in [5.41, 5.74) is 32.9. The number of para-hydroxylation sites is 12. The smallest absolute Gasteiger partial charge is 0.235 e. The second kappa shape index (κ2) is 31.5. The number of hydrogen-bond acceptors (Lipinski definition) is 9. The van der Waals surface area contributed by atoms with E-state index in [9.17, 15) is 0 Å². The van der Waals surface area contributed by atoms with Gasteiger partial charge >= 0.3 is 0 Å². The van der Waals surface area contributed by atoms with Gasteiger partial charge in [-0.15, -0.1) is 0 Å². The molecule has 0 unspecified atom stereocenters. The van der Waals surface area contributed by atoms with E-state index >= 15 is 0 Å². The highest BCUT2D eigenvalue weighted by atomic mass is 15.3. The Kier molecular flexibility index (Phi) is 17.8. The first-order chi connectivity index (χ1) is 68.5. The highest BCUT2D eigenvalue weighted by Gasteiger charge is 2.34. The SMILES string of the molecule is c1ccc(-n2c3ccccc3c3c(-c4nc(N5c6ccccc6-c6cccc7cccc5c67)nc5ccccc45)cccc32)cc1.c1ccc(-n2c3ccccc3c3cc(-c4nc(N5c6ccccc6-c6cccc7cccc5c67)nc5ccccc45)ccc32)cc1.c1ccc(-n2c3ccccc3c3ccc(-c4nc(N5c6ccccc6-c6cccc7cccc5c67)nc5ccccc45)cc32)cc1. The van der Waals surface area contributed by atoms with Crippen LogP contribution in [-0.4, -0.2) is 43.6 Å². The molecule has 0 fully saturated rings. The third-order valence-corrected chi connectivity index (χ3v) is 27.9. The average molecular weight is 1760 g/mol. The van der Waals surface area contributed by atoms with Crippen molar-refractivity contribution in [3.8, 4) is 84.2 Å². The predicted octanol–water partition coefficient (Wildman–Crippen LogP) is 33.0. The molecule has 642 valence electrons. The van der Waals surface area contributed by atoms with Crippen molar-refractivity contribution < 1.29 is 0 Å². The second-order valence-corrected chi connectivity index (χ2v) is 35.5. The minimum Gasteiger partial charge on any atom is -0.309 e. The zero-order chi connectivity index (χ0) is 90.6. The summed E-state index contributed by atoms with van der Waals surface area (Å²) in [5, 5.41) is 17.6. The predicted molar refractivity (Wildman–Crippen MR) is 571 cm³/mol. The summed E-state index contributed by atoms with van der Waals surface area (Å²) in [5.74, 6) is 1.98. The van der Waals surface area contributed by atoms with Crippen LogP contribution < -0.4 is 14.7 Å². The first-order valence-corrected chi connectivity index (χ1v) is 46.8. The maximum absolute atomic E-state index is 5.50. The fourth-order valence-electron chi connectivity index (χ4n) is 22.1. The Morgan fingerprint density at radius 1 is 0.152 bits per heavy atom. The van der Waals surface area contributed by atoms with Crippen LogP contribution in [0.3, 0.4) is 0 Å². The number of nitrogens with zero attached hydrogens (tertiary/aromatic N) is 12. The third-order valence-electron chi connectivity index (χ3n) is 27.9. The van der Waals surface area contributed by atoms with E-state index in [0.717, 1.165) is 129 Å². The Balaban J connectivity index is 0.000000102. The molecule has 30 rings (SSSR count). The number of anilines is 9. The van der Waals surface area contributed by atoms with Gasteiger partial charge in [0.15, 0.2) is 0 Å². The second-order valence-electron chi connectivity index (χ2n) is 35.5. The molecule has 0 amide bonds.